The first-order valence-electron chi connectivity index (χ1n) is 10.9. The van der Waals surface area contributed by atoms with Crippen molar-refractivity contribution in [1.82, 2.24) is 15.9 Å². The van der Waals surface area contributed by atoms with Crippen LogP contribution in [0, 0.1) is 0 Å². The number of anilines is 2. The molecule has 0 aromatic heterocycles. The summed E-state index contributed by atoms with van der Waals surface area (Å²) in [6, 6.07) is 11.9. The fraction of sp³-hybridized carbons (Fsp3) is 0.364. The van der Waals surface area contributed by atoms with Gasteiger partial charge in [-0.25, -0.2) is 4.79 Å². The fourth-order valence-electron chi connectivity index (χ4n) is 3.97. The normalized spacial score (nSPS) is 22.2. The average molecular weight is 493 g/mol. The van der Waals surface area contributed by atoms with Gasteiger partial charge in [-0.2, -0.15) is 13.2 Å². The van der Waals surface area contributed by atoms with Crippen LogP contribution in [0.4, 0.5) is 24.5 Å². The third kappa shape index (κ3) is 4.51. The van der Waals surface area contributed by atoms with Gasteiger partial charge >= 0.3 is 12.1 Å². The van der Waals surface area contributed by atoms with Crippen molar-refractivity contribution in [3.8, 4) is 17.2 Å². The number of hydrazine groups is 1. The molecule has 35 heavy (non-hydrogen) atoms. The lowest BCUT2D eigenvalue weighted by Crippen LogP contribution is -2.70. The molecule has 0 aliphatic carbocycles. The SMILES string of the molecule is CC1C(=O)NN(OC(=O)C(F)(F)F)C2COc3cc(Oc4ccccc4)c(NC4CNC4)cc3N12. The van der Waals surface area contributed by atoms with Crippen LogP contribution in [0.25, 0.3) is 0 Å². The Morgan fingerprint density at radius 2 is 1.94 bits per heavy atom. The highest BCUT2D eigenvalue weighted by Gasteiger charge is 2.49. The number of carbonyl (C=O) groups is 2. The third-order valence-corrected chi connectivity index (χ3v) is 5.86. The topological polar surface area (TPSA) is 104 Å². The maximum atomic E-state index is 12.8. The zero-order chi connectivity index (χ0) is 24.7. The van der Waals surface area contributed by atoms with E-state index in [-0.39, 0.29) is 12.6 Å². The highest BCUT2D eigenvalue weighted by Crippen LogP contribution is 2.45. The molecule has 10 nitrogen and oxygen atoms in total. The molecule has 5 rings (SSSR count). The Labute approximate surface area is 197 Å². The minimum Gasteiger partial charge on any atom is -0.487 e. The van der Waals surface area contributed by atoms with Crippen molar-refractivity contribution in [3.05, 3.63) is 42.5 Å². The van der Waals surface area contributed by atoms with Gasteiger partial charge in [-0.3, -0.25) is 10.2 Å². The number of rotatable bonds is 5. The second kappa shape index (κ2) is 8.82. The molecule has 0 saturated carbocycles. The predicted octanol–water partition coefficient (Wildman–Crippen LogP) is 2.14. The average Bonchev–Trinajstić information content (AvgIpc) is 2.79. The monoisotopic (exact) mass is 493 g/mol. The standard InChI is InChI=1S/C22H22F3N5O5/c1-12-20(31)28-30(35-21(32)22(23,24)25)19-11-33-18-8-17(34-14-5-3-2-4-6-14)15(7-16(18)29(12)19)27-13-9-26-10-13/h2-8,12-13,19,26-27H,9-11H2,1H3,(H,28,31). The molecule has 3 N–H and O–H groups in total. The van der Waals surface area contributed by atoms with Crippen LogP contribution in [0.2, 0.25) is 0 Å². The van der Waals surface area contributed by atoms with Gasteiger partial charge in [-0.1, -0.05) is 18.2 Å². The molecule has 2 atom stereocenters. The molecule has 3 heterocycles. The number of fused-ring (bicyclic) bond motifs is 3. The van der Waals surface area contributed by atoms with Crippen LogP contribution in [0.15, 0.2) is 42.5 Å². The van der Waals surface area contributed by atoms with Gasteiger partial charge in [0.25, 0.3) is 5.91 Å². The van der Waals surface area contributed by atoms with E-state index in [1.54, 1.807) is 36.1 Å². The highest BCUT2D eigenvalue weighted by atomic mass is 19.4. The molecule has 0 spiro atoms. The van der Waals surface area contributed by atoms with Gasteiger partial charge in [0.05, 0.1) is 17.4 Å². The maximum Gasteiger partial charge on any atom is 0.492 e. The fourth-order valence-corrected chi connectivity index (χ4v) is 3.97. The van der Waals surface area contributed by atoms with Crippen molar-refractivity contribution in [2.24, 2.45) is 0 Å². The van der Waals surface area contributed by atoms with Crippen molar-refractivity contribution >= 4 is 23.3 Å². The van der Waals surface area contributed by atoms with Crippen LogP contribution in [-0.2, 0) is 14.4 Å². The smallest absolute Gasteiger partial charge is 0.487 e. The summed E-state index contributed by atoms with van der Waals surface area (Å²) in [5, 5.41) is 7.04. The summed E-state index contributed by atoms with van der Waals surface area (Å²) in [7, 11) is 0. The molecular formula is C22H22F3N5O5. The molecule has 3 aliphatic rings. The summed E-state index contributed by atoms with van der Waals surface area (Å²) in [5.74, 6) is -1.65. The first-order chi connectivity index (χ1) is 16.7. The Kier molecular flexibility index (Phi) is 5.81. The quantitative estimate of drug-likeness (QED) is 0.578. The molecule has 186 valence electrons. The predicted molar refractivity (Wildman–Crippen MR) is 117 cm³/mol. The molecule has 0 radical (unpaired) electrons. The van der Waals surface area contributed by atoms with Crippen LogP contribution in [-0.4, -0.2) is 61.2 Å². The van der Waals surface area contributed by atoms with Gasteiger partial charge in [0.2, 0.25) is 0 Å². The Hall–Kier alpha value is -3.71. The van der Waals surface area contributed by atoms with E-state index in [4.69, 9.17) is 9.47 Å². The summed E-state index contributed by atoms with van der Waals surface area (Å²) >= 11 is 0. The van der Waals surface area contributed by atoms with Crippen molar-refractivity contribution in [2.45, 2.75) is 31.3 Å². The van der Waals surface area contributed by atoms with Crippen molar-refractivity contribution in [3.63, 3.8) is 0 Å². The Balaban J connectivity index is 1.50. The second-order valence-electron chi connectivity index (χ2n) is 8.28. The first kappa shape index (κ1) is 23.1. The van der Waals surface area contributed by atoms with Crippen LogP contribution in [0.3, 0.4) is 0 Å². The van der Waals surface area contributed by atoms with Gasteiger partial charge < -0.3 is 29.8 Å². The van der Waals surface area contributed by atoms with E-state index >= 15 is 0 Å². The van der Waals surface area contributed by atoms with Crippen molar-refractivity contribution < 1.29 is 37.1 Å². The number of hydrogen-bond acceptors (Lipinski definition) is 9. The van der Waals surface area contributed by atoms with E-state index < -0.39 is 30.3 Å². The molecule has 1 amide bonds. The van der Waals surface area contributed by atoms with Gasteiger partial charge in [-0.05, 0) is 30.3 Å². The highest BCUT2D eigenvalue weighted by molar-refractivity contribution is 5.88. The number of hydrogen-bond donors (Lipinski definition) is 3. The zero-order valence-electron chi connectivity index (χ0n) is 18.5. The van der Waals surface area contributed by atoms with Crippen molar-refractivity contribution in [2.75, 3.05) is 29.9 Å². The van der Waals surface area contributed by atoms with Crippen LogP contribution < -0.4 is 30.4 Å². The number of benzene rings is 2. The number of nitrogens with one attached hydrogen (secondary N) is 3. The Morgan fingerprint density at radius 1 is 1.20 bits per heavy atom. The molecule has 13 heteroatoms. The lowest BCUT2D eigenvalue weighted by Gasteiger charge is -2.48. The number of hydroxylamine groups is 1. The number of amides is 1. The molecular weight excluding hydrogens is 471 g/mol. The van der Waals surface area contributed by atoms with Crippen LogP contribution in [0.1, 0.15) is 6.92 Å². The summed E-state index contributed by atoms with van der Waals surface area (Å²) in [6.07, 6.45) is -6.26. The van der Waals surface area contributed by atoms with E-state index in [9.17, 15) is 22.8 Å². The molecule has 2 aromatic rings. The van der Waals surface area contributed by atoms with E-state index in [0.29, 0.717) is 33.8 Å². The minimum atomic E-state index is -5.23. The summed E-state index contributed by atoms with van der Waals surface area (Å²) in [6.45, 7) is 2.89. The number of halogens is 3. The lowest BCUT2D eigenvalue weighted by atomic mass is 10.1. The molecule has 2 fully saturated rings. The maximum absolute atomic E-state index is 12.8. The molecule has 2 aromatic carbocycles. The number of carbonyl (C=O) groups excluding carboxylic acids is 2. The Morgan fingerprint density at radius 3 is 2.60 bits per heavy atom. The molecule has 2 unspecified atom stereocenters. The zero-order valence-corrected chi connectivity index (χ0v) is 18.5. The van der Waals surface area contributed by atoms with Crippen LogP contribution >= 0.6 is 0 Å². The summed E-state index contributed by atoms with van der Waals surface area (Å²) in [5.41, 5.74) is 3.24. The molecule has 2 saturated heterocycles. The van der Waals surface area contributed by atoms with Gasteiger partial charge in [0.15, 0.2) is 11.9 Å². The van der Waals surface area contributed by atoms with Crippen molar-refractivity contribution in [1.29, 1.82) is 0 Å². The second-order valence-corrected chi connectivity index (χ2v) is 8.28. The van der Waals surface area contributed by atoms with Gasteiger partial charge in [-0.15, -0.1) is 0 Å². The summed E-state index contributed by atoms with van der Waals surface area (Å²) in [4.78, 5) is 30.0. The third-order valence-electron chi connectivity index (χ3n) is 5.86. The van der Waals surface area contributed by atoms with Gasteiger partial charge in [0, 0.05) is 19.2 Å². The summed E-state index contributed by atoms with van der Waals surface area (Å²) < 4.78 is 50.3. The lowest BCUT2D eigenvalue weighted by molar-refractivity contribution is -0.265. The number of para-hydroxylation sites is 1. The number of alkyl halides is 3. The van der Waals surface area contributed by atoms with Gasteiger partial charge in [0.1, 0.15) is 24.1 Å². The molecule has 0 bridgehead atoms. The minimum absolute atomic E-state index is 0.137. The van der Waals surface area contributed by atoms with Crippen LogP contribution in [0.5, 0.6) is 17.2 Å². The number of nitrogens with zero attached hydrogens (tertiary/aromatic N) is 2. The largest absolute Gasteiger partial charge is 0.492 e. The first-order valence-corrected chi connectivity index (χ1v) is 10.9. The Bertz CT molecular complexity index is 1130. The van der Waals surface area contributed by atoms with E-state index in [1.165, 1.54) is 0 Å². The molecule has 3 aliphatic heterocycles. The number of ether oxygens (including phenoxy) is 2. The van der Waals surface area contributed by atoms with E-state index in [2.05, 4.69) is 20.9 Å². The van der Waals surface area contributed by atoms with E-state index in [1.807, 2.05) is 18.2 Å². The van der Waals surface area contributed by atoms with E-state index in [0.717, 1.165) is 13.1 Å².